The second-order valence-corrected chi connectivity index (χ2v) is 11.0. The molecule has 1 aliphatic carbocycles. The Kier molecular flexibility index (Phi) is 7.23. The van der Waals surface area contributed by atoms with Gasteiger partial charge in [0.05, 0.1) is 22.2 Å². The molecule has 0 aliphatic heterocycles. The number of halogens is 7. The van der Waals surface area contributed by atoms with E-state index in [4.69, 9.17) is 52.1 Å². The Morgan fingerprint density at radius 3 is 2.40 bits per heavy atom. The van der Waals surface area contributed by atoms with Crippen molar-refractivity contribution in [3.05, 3.63) is 85.8 Å². The van der Waals surface area contributed by atoms with Crippen molar-refractivity contribution in [3.8, 4) is 0 Å². The van der Waals surface area contributed by atoms with E-state index in [1.807, 2.05) is 0 Å². The van der Waals surface area contributed by atoms with Gasteiger partial charge in [0, 0.05) is 21.1 Å². The molecule has 0 bridgehead atoms. The van der Waals surface area contributed by atoms with Crippen LogP contribution in [0.2, 0.25) is 10.0 Å². The van der Waals surface area contributed by atoms with Crippen molar-refractivity contribution in [2.75, 3.05) is 16.4 Å². The third-order valence-corrected chi connectivity index (χ3v) is 7.38. The summed E-state index contributed by atoms with van der Waals surface area (Å²) in [7, 11) is 0. The molecule has 2 atom stereocenters. The molecule has 12 heteroatoms. The minimum Gasteiger partial charge on any atom is -0.394 e. The van der Waals surface area contributed by atoms with Crippen molar-refractivity contribution in [1.29, 1.82) is 0 Å². The summed E-state index contributed by atoms with van der Waals surface area (Å²) in [6, 6.07) is 11.3. The van der Waals surface area contributed by atoms with Gasteiger partial charge in [0.15, 0.2) is 5.82 Å². The number of carbonyl (C=O) groups is 2. The smallest absolute Gasteiger partial charge is 0.257 e. The van der Waals surface area contributed by atoms with Crippen LogP contribution in [0.5, 0.6) is 0 Å². The molecule has 0 unspecified atom stereocenters. The fourth-order valence-corrected chi connectivity index (χ4v) is 5.59. The fourth-order valence-electron chi connectivity index (χ4n) is 3.68. The van der Waals surface area contributed by atoms with Gasteiger partial charge in [-0.05, 0) is 54.1 Å². The molecule has 1 fully saturated rings. The fraction of sp³-hybridized carbons (Fsp3) is 0.130. The number of carbonyl (C=O) groups excluding carboxylic acids is 2. The molecular formula is C23H14BrCl4F2N3O2. The largest absolute Gasteiger partial charge is 0.394 e. The second-order valence-electron chi connectivity index (χ2n) is 7.79. The molecular weight excluding hydrogens is 610 g/mol. The summed E-state index contributed by atoms with van der Waals surface area (Å²) in [5.41, 5.74) is 5.11. The molecule has 0 heterocycles. The normalized spacial score (nSPS) is 18.1. The third kappa shape index (κ3) is 5.22. The van der Waals surface area contributed by atoms with Crippen LogP contribution >= 0.6 is 62.3 Å². The molecule has 1 aliphatic rings. The van der Waals surface area contributed by atoms with Gasteiger partial charge in [-0.1, -0.05) is 39.1 Å². The Hall–Kier alpha value is -2.10. The van der Waals surface area contributed by atoms with Gasteiger partial charge in [-0.15, -0.1) is 23.2 Å². The molecule has 1 saturated carbocycles. The summed E-state index contributed by atoms with van der Waals surface area (Å²) in [6.07, 6.45) is 0. The van der Waals surface area contributed by atoms with Crippen LogP contribution in [0.25, 0.3) is 0 Å². The van der Waals surface area contributed by atoms with Crippen LogP contribution < -0.4 is 16.4 Å². The highest BCUT2D eigenvalue weighted by Crippen LogP contribution is 2.65. The average Bonchev–Trinajstić information content (AvgIpc) is 3.36. The monoisotopic (exact) mass is 621 g/mol. The molecule has 182 valence electrons. The van der Waals surface area contributed by atoms with Gasteiger partial charge >= 0.3 is 0 Å². The van der Waals surface area contributed by atoms with Gasteiger partial charge in [-0.2, -0.15) is 0 Å². The summed E-state index contributed by atoms with van der Waals surface area (Å²) in [6.45, 7) is 0. The van der Waals surface area contributed by atoms with E-state index in [1.165, 1.54) is 18.2 Å². The van der Waals surface area contributed by atoms with Crippen molar-refractivity contribution in [1.82, 2.24) is 0 Å². The highest BCUT2D eigenvalue weighted by Gasteiger charge is 2.67. The maximum absolute atomic E-state index is 14.2. The molecule has 4 rings (SSSR count). The number of anilines is 3. The van der Waals surface area contributed by atoms with Gasteiger partial charge in [-0.25, -0.2) is 8.78 Å². The molecule has 2 amide bonds. The second kappa shape index (κ2) is 9.75. The SMILES string of the molecule is Nc1c(F)ccc(NC(=O)c2cc(NC(=O)[C@@H]3[C@@H](c4cc(Cl)cc(Br)c4)C3(Cl)Cl)ccc2Cl)c1F. The number of alkyl halides is 2. The molecule has 0 aromatic heterocycles. The molecule has 3 aromatic carbocycles. The van der Waals surface area contributed by atoms with Crippen LogP contribution in [0.3, 0.4) is 0 Å². The van der Waals surface area contributed by atoms with Gasteiger partial charge in [-0.3, -0.25) is 9.59 Å². The zero-order valence-corrected chi connectivity index (χ0v) is 21.9. The van der Waals surface area contributed by atoms with Crippen LogP contribution in [0.15, 0.2) is 53.0 Å². The van der Waals surface area contributed by atoms with E-state index in [0.29, 0.717) is 15.1 Å². The quantitative estimate of drug-likeness (QED) is 0.205. The Balaban J connectivity index is 1.52. The number of nitrogens with two attached hydrogens (primary N) is 1. The van der Waals surface area contributed by atoms with Gasteiger partial charge in [0.2, 0.25) is 5.91 Å². The van der Waals surface area contributed by atoms with Crippen LogP contribution in [0, 0.1) is 17.6 Å². The van der Waals surface area contributed by atoms with Crippen molar-refractivity contribution in [2.24, 2.45) is 5.92 Å². The zero-order valence-electron chi connectivity index (χ0n) is 17.3. The van der Waals surface area contributed by atoms with Crippen LogP contribution in [-0.2, 0) is 4.79 Å². The predicted octanol–water partition coefficient (Wildman–Crippen LogP) is 7.39. The van der Waals surface area contributed by atoms with Gasteiger partial charge < -0.3 is 16.4 Å². The van der Waals surface area contributed by atoms with Crippen LogP contribution in [-0.4, -0.2) is 16.1 Å². The molecule has 3 aromatic rings. The topological polar surface area (TPSA) is 84.2 Å². The van der Waals surface area contributed by atoms with E-state index in [2.05, 4.69) is 26.6 Å². The lowest BCUT2D eigenvalue weighted by Gasteiger charge is -2.11. The Bertz CT molecular complexity index is 1350. The van der Waals surface area contributed by atoms with Crippen LogP contribution in [0.1, 0.15) is 21.8 Å². The summed E-state index contributed by atoms with van der Waals surface area (Å²) in [4.78, 5) is 25.7. The van der Waals surface area contributed by atoms with Crippen molar-refractivity contribution in [2.45, 2.75) is 10.3 Å². The highest BCUT2D eigenvalue weighted by molar-refractivity contribution is 9.10. The lowest BCUT2D eigenvalue weighted by Crippen LogP contribution is -2.18. The van der Waals surface area contributed by atoms with Crippen molar-refractivity contribution < 1.29 is 18.4 Å². The van der Waals surface area contributed by atoms with E-state index < -0.39 is 45.3 Å². The summed E-state index contributed by atoms with van der Waals surface area (Å²) >= 11 is 28.4. The first-order valence-corrected chi connectivity index (χ1v) is 12.2. The number of benzene rings is 3. The number of nitrogens with one attached hydrogen (secondary N) is 2. The number of nitrogen functional groups attached to an aromatic ring is 1. The Morgan fingerprint density at radius 1 is 1.00 bits per heavy atom. The number of hydrogen-bond donors (Lipinski definition) is 3. The highest BCUT2D eigenvalue weighted by atomic mass is 79.9. The number of hydrogen-bond acceptors (Lipinski definition) is 3. The third-order valence-electron chi connectivity index (χ3n) is 5.43. The van der Waals surface area contributed by atoms with E-state index in [0.717, 1.165) is 12.1 Å². The molecule has 0 saturated heterocycles. The van der Waals surface area contributed by atoms with Gasteiger partial charge in [0.1, 0.15) is 15.8 Å². The molecule has 0 spiro atoms. The van der Waals surface area contributed by atoms with E-state index in [-0.39, 0.29) is 22.0 Å². The predicted molar refractivity (Wildman–Crippen MR) is 139 cm³/mol. The molecule has 35 heavy (non-hydrogen) atoms. The zero-order chi connectivity index (χ0) is 25.7. The average molecular weight is 624 g/mol. The van der Waals surface area contributed by atoms with Gasteiger partial charge in [0.25, 0.3) is 5.91 Å². The Morgan fingerprint density at radius 2 is 1.71 bits per heavy atom. The Labute approximate surface area is 227 Å². The number of rotatable bonds is 5. The summed E-state index contributed by atoms with van der Waals surface area (Å²) in [5.74, 6) is -4.66. The van der Waals surface area contributed by atoms with Crippen molar-refractivity contribution >= 4 is 91.2 Å². The number of amides is 2. The standard InChI is InChI=1S/C23H14BrCl4F2N3O2/c24-10-5-9(6-11(25)7-10)17-18(23(17,27)28)22(35)32-12-1-2-14(26)13(8-12)21(34)33-16-4-3-15(29)20(31)19(16)30/h1-8,17-18H,31H2,(H,32,35)(H,33,34)/t17-,18+/m1/s1. The maximum Gasteiger partial charge on any atom is 0.257 e. The minimum atomic E-state index is -1.36. The molecule has 5 nitrogen and oxygen atoms in total. The summed E-state index contributed by atoms with van der Waals surface area (Å²) < 4.78 is 26.9. The van der Waals surface area contributed by atoms with E-state index in [1.54, 1.807) is 18.2 Å². The first-order chi connectivity index (χ1) is 16.4. The molecule has 4 N–H and O–H groups in total. The lowest BCUT2D eigenvalue weighted by atomic mass is 10.1. The molecule has 0 radical (unpaired) electrons. The maximum atomic E-state index is 14.2. The van der Waals surface area contributed by atoms with E-state index >= 15 is 0 Å². The first kappa shape index (κ1) is 26.0. The first-order valence-electron chi connectivity index (χ1n) is 9.89. The minimum absolute atomic E-state index is 0.0353. The van der Waals surface area contributed by atoms with Crippen LogP contribution in [0.4, 0.5) is 25.8 Å². The van der Waals surface area contributed by atoms with E-state index in [9.17, 15) is 18.4 Å². The summed E-state index contributed by atoms with van der Waals surface area (Å²) in [5, 5.41) is 5.45. The lowest BCUT2D eigenvalue weighted by molar-refractivity contribution is -0.117. The van der Waals surface area contributed by atoms with Crippen molar-refractivity contribution in [3.63, 3.8) is 0 Å².